The Morgan fingerprint density at radius 2 is 1.56 bits per heavy atom. The van der Waals surface area contributed by atoms with Crippen molar-refractivity contribution in [3.8, 4) is 11.5 Å². The average molecular weight is 371 g/mol. The summed E-state index contributed by atoms with van der Waals surface area (Å²) in [6.07, 6.45) is 0. The lowest BCUT2D eigenvalue weighted by molar-refractivity contribution is -0.117. The summed E-state index contributed by atoms with van der Waals surface area (Å²) in [6, 6.07) is 15.2. The maximum Gasteiger partial charge on any atom is 0.246 e. The Bertz CT molecular complexity index is 732. The van der Waals surface area contributed by atoms with E-state index in [1.807, 2.05) is 62.6 Å². The average Bonchev–Trinajstić information content (AvgIpc) is 2.70. The molecule has 0 bridgehead atoms. The SMILES string of the molecule is COc1ccc(N(C)C(=O)CN(CCN(C)C)c2ccccc2OC)cc1. The molecule has 0 aromatic heterocycles. The first kappa shape index (κ1) is 20.6. The number of methoxy groups -OCH3 is 2. The van der Waals surface area contributed by atoms with Crippen LogP contribution in [0.5, 0.6) is 11.5 Å². The van der Waals surface area contributed by atoms with Gasteiger partial charge in [-0.05, 0) is 50.5 Å². The smallest absolute Gasteiger partial charge is 0.246 e. The summed E-state index contributed by atoms with van der Waals surface area (Å²) in [6.45, 7) is 1.81. The van der Waals surface area contributed by atoms with Crippen LogP contribution in [0.4, 0.5) is 11.4 Å². The van der Waals surface area contributed by atoms with E-state index in [-0.39, 0.29) is 12.5 Å². The van der Waals surface area contributed by atoms with Crippen molar-refractivity contribution in [1.29, 1.82) is 0 Å². The van der Waals surface area contributed by atoms with E-state index in [9.17, 15) is 4.79 Å². The number of carbonyl (C=O) groups excluding carboxylic acids is 1. The minimum Gasteiger partial charge on any atom is -0.497 e. The quantitative estimate of drug-likeness (QED) is 0.678. The van der Waals surface area contributed by atoms with Crippen molar-refractivity contribution < 1.29 is 14.3 Å². The Balaban J connectivity index is 2.18. The zero-order valence-electron chi connectivity index (χ0n) is 16.8. The highest BCUT2D eigenvalue weighted by molar-refractivity contribution is 5.96. The third-order valence-corrected chi connectivity index (χ3v) is 4.40. The van der Waals surface area contributed by atoms with Gasteiger partial charge in [0, 0.05) is 25.8 Å². The first-order chi connectivity index (χ1) is 13.0. The van der Waals surface area contributed by atoms with Crippen LogP contribution in [0.2, 0.25) is 0 Å². The first-order valence-electron chi connectivity index (χ1n) is 8.89. The topological polar surface area (TPSA) is 45.2 Å². The number of hydrogen-bond acceptors (Lipinski definition) is 5. The van der Waals surface area contributed by atoms with E-state index in [4.69, 9.17) is 9.47 Å². The van der Waals surface area contributed by atoms with Crippen LogP contribution in [0.3, 0.4) is 0 Å². The van der Waals surface area contributed by atoms with Gasteiger partial charge >= 0.3 is 0 Å². The second-order valence-electron chi connectivity index (χ2n) is 6.55. The molecule has 0 N–H and O–H groups in total. The monoisotopic (exact) mass is 371 g/mol. The van der Waals surface area contributed by atoms with Gasteiger partial charge in [-0.2, -0.15) is 0 Å². The normalized spacial score (nSPS) is 10.6. The van der Waals surface area contributed by atoms with Gasteiger partial charge in [-0.15, -0.1) is 0 Å². The molecule has 0 radical (unpaired) electrons. The molecule has 146 valence electrons. The highest BCUT2D eigenvalue weighted by Crippen LogP contribution is 2.28. The van der Waals surface area contributed by atoms with Crippen molar-refractivity contribution >= 4 is 17.3 Å². The van der Waals surface area contributed by atoms with Crippen molar-refractivity contribution in [2.24, 2.45) is 0 Å². The molecule has 0 saturated heterocycles. The Morgan fingerprint density at radius 1 is 0.889 bits per heavy atom. The van der Waals surface area contributed by atoms with E-state index in [0.717, 1.165) is 36.0 Å². The van der Waals surface area contributed by atoms with Gasteiger partial charge in [0.15, 0.2) is 0 Å². The van der Waals surface area contributed by atoms with Crippen LogP contribution in [0.15, 0.2) is 48.5 Å². The van der Waals surface area contributed by atoms with Gasteiger partial charge in [0.2, 0.25) is 5.91 Å². The molecule has 0 aliphatic heterocycles. The Labute approximate surface area is 161 Å². The van der Waals surface area contributed by atoms with Crippen LogP contribution in [-0.2, 0) is 4.79 Å². The number of ether oxygens (including phenoxy) is 2. The molecule has 0 unspecified atom stereocenters. The molecule has 0 atom stereocenters. The standard InChI is InChI=1S/C21H29N3O3/c1-22(2)14-15-24(19-8-6-7-9-20(19)27-5)16-21(25)23(3)17-10-12-18(26-4)13-11-17/h6-13H,14-16H2,1-5H3. The number of rotatable bonds is 9. The molecule has 6 heteroatoms. The second-order valence-corrected chi connectivity index (χ2v) is 6.55. The van der Waals surface area contributed by atoms with E-state index in [1.54, 1.807) is 26.2 Å². The molecular weight excluding hydrogens is 342 g/mol. The summed E-state index contributed by atoms with van der Waals surface area (Å²) in [5.74, 6) is 1.53. The van der Waals surface area contributed by atoms with Crippen LogP contribution < -0.4 is 19.3 Å². The fourth-order valence-electron chi connectivity index (χ4n) is 2.72. The van der Waals surface area contributed by atoms with Gasteiger partial charge in [-0.25, -0.2) is 0 Å². The van der Waals surface area contributed by atoms with E-state index < -0.39 is 0 Å². The zero-order chi connectivity index (χ0) is 19.8. The molecule has 2 rings (SSSR count). The lowest BCUT2D eigenvalue weighted by Crippen LogP contribution is -2.41. The van der Waals surface area contributed by atoms with Crippen molar-refractivity contribution in [2.45, 2.75) is 0 Å². The van der Waals surface area contributed by atoms with E-state index in [2.05, 4.69) is 9.80 Å². The van der Waals surface area contributed by atoms with Gasteiger partial charge < -0.3 is 24.2 Å². The molecule has 0 saturated carbocycles. The molecule has 0 heterocycles. The number of benzene rings is 2. The lowest BCUT2D eigenvalue weighted by atomic mass is 10.2. The van der Waals surface area contributed by atoms with E-state index >= 15 is 0 Å². The first-order valence-corrected chi connectivity index (χ1v) is 8.89. The summed E-state index contributed by atoms with van der Waals surface area (Å²) in [5.41, 5.74) is 1.74. The van der Waals surface area contributed by atoms with E-state index in [1.165, 1.54) is 0 Å². The molecule has 0 aliphatic rings. The van der Waals surface area contributed by atoms with Crippen molar-refractivity contribution in [3.63, 3.8) is 0 Å². The predicted molar refractivity (Wildman–Crippen MR) is 110 cm³/mol. The molecule has 0 fully saturated rings. The minimum absolute atomic E-state index is 0.00447. The number of amides is 1. The fourth-order valence-corrected chi connectivity index (χ4v) is 2.72. The van der Waals surface area contributed by atoms with Crippen LogP contribution >= 0.6 is 0 Å². The molecule has 6 nitrogen and oxygen atoms in total. The number of likely N-dealkylation sites (N-methyl/N-ethyl adjacent to an activating group) is 2. The van der Waals surface area contributed by atoms with E-state index in [0.29, 0.717) is 0 Å². The number of para-hydroxylation sites is 2. The molecule has 0 aliphatic carbocycles. The summed E-state index contributed by atoms with van der Waals surface area (Å²) < 4.78 is 10.7. The third kappa shape index (κ3) is 5.62. The molecule has 1 amide bonds. The van der Waals surface area contributed by atoms with Gasteiger partial charge in [-0.1, -0.05) is 12.1 Å². The van der Waals surface area contributed by atoms with Crippen LogP contribution in [0, 0.1) is 0 Å². The predicted octanol–water partition coefficient (Wildman–Crippen LogP) is 2.73. The second kappa shape index (κ2) is 9.83. The molecular formula is C21H29N3O3. The zero-order valence-corrected chi connectivity index (χ0v) is 16.8. The highest BCUT2D eigenvalue weighted by atomic mass is 16.5. The molecule has 2 aromatic rings. The maximum atomic E-state index is 12.9. The number of anilines is 2. The highest BCUT2D eigenvalue weighted by Gasteiger charge is 2.19. The molecule has 0 spiro atoms. The minimum atomic E-state index is 0.00447. The third-order valence-electron chi connectivity index (χ3n) is 4.40. The lowest BCUT2D eigenvalue weighted by Gasteiger charge is -2.29. The number of nitrogens with zero attached hydrogens (tertiary/aromatic N) is 3. The number of hydrogen-bond donors (Lipinski definition) is 0. The Hall–Kier alpha value is -2.73. The largest absolute Gasteiger partial charge is 0.497 e. The van der Waals surface area contributed by atoms with Crippen LogP contribution in [-0.4, -0.2) is 65.8 Å². The van der Waals surface area contributed by atoms with Crippen molar-refractivity contribution in [3.05, 3.63) is 48.5 Å². The summed E-state index contributed by atoms with van der Waals surface area (Å²) >= 11 is 0. The van der Waals surface area contributed by atoms with Crippen LogP contribution in [0.25, 0.3) is 0 Å². The summed E-state index contributed by atoms with van der Waals surface area (Å²) in [7, 11) is 9.10. The van der Waals surface area contributed by atoms with Gasteiger partial charge in [0.1, 0.15) is 11.5 Å². The Morgan fingerprint density at radius 3 is 2.15 bits per heavy atom. The Kier molecular flexibility index (Phi) is 7.49. The molecule has 27 heavy (non-hydrogen) atoms. The maximum absolute atomic E-state index is 12.9. The van der Waals surface area contributed by atoms with Gasteiger partial charge in [0.05, 0.1) is 26.5 Å². The summed E-state index contributed by atoms with van der Waals surface area (Å²) in [4.78, 5) is 18.7. The van der Waals surface area contributed by atoms with Gasteiger partial charge in [0.25, 0.3) is 0 Å². The summed E-state index contributed by atoms with van der Waals surface area (Å²) in [5, 5.41) is 0. The van der Waals surface area contributed by atoms with Crippen molar-refractivity contribution in [1.82, 2.24) is 4.90 Å². The van der Waals surface area contributed by atoms with Gasteiger partial charge in [-0.3, -0.25) is 4.79 Å². The van der Waals surface area contributed by atoms with Crippen LogP contribution in [0.1, 0.15) is 0 Å². The molecule has 2 aromatic carbocycles. The number of carbonyl (C=O) groups is 1. The van der Waals surface area contributed by atoms with Crippen molar-refractivity contribution in [2.75, 3.05) is 64.8 Å². The fraction of sp³-hybridized carbons (Fsp3) is 0.381.